The van der Waals surface area contributed by atoms with Gasteiger partial charge in [-0.1, -0.05) is 88.7 Å². The molecular weight excluding hydrogens is 488 g/mol. The molecule has 0 saturated carbocycles. The van der Waals surface area contributed by atoms with Crippen LogP contribution in [0.4, 0.5) is 0 Å². The van der Waals surface area contributed by atoms with E-state index in [0.29, 0.717) is 19.8 Å². The Bertz CT molecular complexity index is 1050. The molecule has 34 heavy (non-hydrogen) atoms. The predicted molar refractivity (Wildman–Crippen MR) is 141 cm³/mol. The molecule has 0 spiro atoms. The average Bonchev–Trinajstić information content (AvgIpc) is 2.86. The van der Waals surface area contributed by atoms with Gasteiger partial charge < -0.3 is 14.2 Å². The van der Waals surface area contributed by atoms with E-state index in [0.717, 1.165) is 34.9 Å². The molecule has 3 aromatic carbocycles. The van der Waals surface area contributed by atoms with Crippen molar-refractivity contribution in [3.63, 3.8) is 0 Å². The van der Waals surface area contributed by atoms with Crippen LogP contribution in [-0.2, 0) is 27.4 Å². The van der Waals surface area contributed by atoms with E-state index in [-0.39, 0.29) is 12.0 Å². The van der Waals surface area contributed by atoms with E-state index in [2.05, 4.69) is 71.9 Å². The van der Waals surface area contributed by atoms with Gasteiger partial charge in [0.25, 0.3) is 0 Å². The number of aryl methyl sites for hydroxylation is 1. The highest BCUT2D eigenvalue weighted by Gasteiger charge is 2.41. The van der Waals surface area contributed by atoms with E-state index in [1.807, 2.05) is 42.5 Å². The Balaban J connectivity index is 1.52. The maximum absolute atomic E-state index is 6.80. The number of rotatable bonds is 10. The molecule has 1 fully saturated rings. The van der Waals surface area contributed by atoms with Crippen molar-refractivity contribution < 1.29 is 14.2 Å². The summed E-state index contributed by atoms with van der Waals surface area (Å²) in [6, 6.07) is 26.9. The van der Waals surface area contributed by atoms with E-state index in [9.17, 15) is 0 Å². The Morgan fingerprint density at radius 2 is 1.71 bits per heavy atom. The lowest BCUT2D eigenvalue weighted by atomic mass is 9.85. The Kier molecular flexibility index (Phi) is 8.74. The van der Waals surface area contributed by atoms with Crippen LogP contribution in [0.2, 0.25) is 0 Å². The van der Waals surface area contributed by atoms with Gasteiger partial charge in [0.2, 0.25) is 0 Å². The topological polar surface area (TPSA) is 27.7 Å². The van der Waals surface area contributed by atoms with Crippen LogP contribution in [0.25, 0.3) is 0 Å². The zero-order valence-corrected chi connectivity index (χ0v) is 21.4. The minimum absolute atomic E-state index is 0.0257. The minimum atomic E-state index is -0.794. The fraction of sp³-hybridized carbons (Fsp3) is 0.333. The average molecular weight is 521 g/mol. The van der Waals surface area contributed by atoms with Gasteiger partial charge in [-0.3, -0.25) is 0 Å². The molecule has 178 valence electrons. The molecule has 0 aromatic heterocycles. The second-order valence-electron chi connectivity index (χ2n) is 8.97. The lowest BCUT2D eigenvalue weighted by Gasteiger charge is -2.43. The molecule has 0 N–H and O–H groups in total. The second-order valence-corrected chi connectivity index (χ2v) is 9.89. The van der Waals surface area contributed by atoms with Gasteiger partial charge >= 0.3 is 0 Å². The van der Waals surface area contributed by atoms with Crippen molar-refractivity contribution in [1.29, 1.82) is 0 Å². The maximum Gasteiger partial charge on any atom is 0.192 e. The highest BCUT2D eigenvalue weighted by molar-refractivity contribution is 9.10. The van der Waals surface area contributed by atoms with Crippen molar-refractivity contribution in [2.45, 2.75) is 57.2 Å². The lowest BCUT2D eigenvalue weighted by Crippen LogP contribution is -2.48. The van der Waals surface area contributed by atoms with Crippen molar-refractivity contribution in [2.24, 2.45) is 0 Å². The largest absolute Gasteiger partial charge is 0.371 e. The summed E-state index contributed by atoms with van der Waals surface area (Å²) in [7, 11) is 0. The number of hydrogen-bond donors (Lipinski definition) is 0. The minimum Gasteiger partial charge on any atom is -0.371 e. The smallest absolute Gasteiger partial charge is 0.192 e. The standard InChI is InChI=1S/C30H33BrO3/c1-3-27(28-17-16-26(31)19-23(28)2)29-15-10-18-30(34-29,33-21-25-13-8-5-9-14-25)22-32-20-24-11-6-4-7-12-24/h3-9,11-14,16-17,19,27,29H,1,10,15,18,20-22H2,2H3. The highest BCUT2D eigenvalue weighted by Crippen LogP contribution is 2.39. The van der Waals surface area contributed by atoms with Gasteiger partial charge in [-0.25, -0.2) is 0 Å². The number of benzene rings is 3. The molecule has 0 bridgehead atoms. The van der Waals surface area contributed by atoms with Gasteiger partial charge in [-0.15, -0.1) is 6.58 Å². The van der Waals surface area contributed by atoms with Gasteiger partial charge in [0.15, 0.2) is 5.79 Å². The van der Waals surface area contributed by atoms with Crippen LogP contribution < -0.4 is 0 Å². The first-order chi connectivity index (χ1) is 16.6. The van der Waals surface area contributed by atoms with Crippen molar-refractivity contribution in [3.05, 3.63) is 118 Å². The summed E-state index contributed by atoms with van der Waals surface area (Å²) in [5, 5.41) is 0. The normalized spacial score (nSPS) is 21.2. The highest BCUT2D eigenvalue weighted by atomic mass is 79.9. The van der Waals surface area contributed by atoms with Crippen LogP contribution >= 0.6 is 15.9 Å². The van der Waals surface area contributed by atoms with Crippen molar-refractivity contribution in [2.75, 3.05) is 6.61 Å². The molecule has 0 amide bonds. The molecule has 4 rings (SSSR count). The molecular formula is C30H33BrO3. The molecule has 1 saturated heterocycles. The van der Waals surface area contributed by atoms with E-state index < -0.39 is 5.79 Å². The van der Waals surface area contributed by atoms with Crippen LogP contribution in [0.15, 0.2) is 96.0 Å². The summed E-state index contributed by atoms with van der Waals surface area (Å²) in [5.74, 6) is -0.708. The van der Waals surface area contributed by atoms with E-state index in [4.69, 9.17) is 14.2 Å². The fourth-order valence-electron chi connectivity index (χ4n) is 4.65. The van der Waals surface area contributed by atoms with Gasteiger partial charge in [0, 0.05) is 16.8 Å². The summed E-state index contributed by atoms with van der Waals surface area (Å²) in [4.78, 5) is 0. The zero-order chi connectivity index (χ0) is 23.8. The van der Waals surface area contributed by atoms with E-state index >= 15 is 0 Å². The zero-order valence-electron chi connectivity index (χ0n) is 19.8. The quantitative estimate of drug-likeness (QED) is 0.256. The summed E-state index contributed by atoms with van der Waals surface area (Å²) in [5.41, 5.74) is 4.74. The molecule has 1 heterocycles. The SMILES string of the molecule is C=CC(c1ccc(Br)cc1C)C1CCCC(COCc2ccccc2)(OCc2ccccc2)O1. The Morgan fingerprint density at radius 1 is 1.03 bits per heavy atom. The fourth-order valence-corrected chi connectivity index (χ4v) is 5.13. The number of hydrogen-bond acceptors (Lipinski definition) is 3. The van der Waals surface area contributed by atoms with Crippen LogP contribution in [0, 0.1) is 6.92 Å². The molecule has 3 aromatic rings. The molecule has 3 atom stereocenters. The predicted octanol–water partition coefficient (Wildman–Crippen LogP) is 7.73. The van der Waals surface area contributed by atoms with Crippen LogP contribution in [0.1, 0.15) is 47.4 Å². The van der Waals surface area contributed by atoms with Crippen molar-refractivity contribution >= 4 is 15.9 Å². The first-order valence-corrected chi connectivity index (χ1v) is 12.7. The lowest BCUT2D eigenvalue weighted by molar-refractivity contribution is -0.306. The second kappa shape index (κ2) is 11.9. The van der Waals surface area contributed by atoms with E-state index in [1.54, 1.807) is 0 Å². The molecule has 0 aliphatic carbocycles. The Morgan fingerprint density at radius 3 is 2.35 bits per heavy atom. The molecule has 0 radical (unpaired) electrons. The van der Waals surface area contributed by atoms with Gasteiger partial charge in [-0.2, -0.15) is 0 Å². The monoisotopic (exact) mass is 520 g/mol. The molecule has 3 nitrogen and oxygen atoms in total. The van der Waals surface area contributed by atoms with Gasteiger partial charge in [0.1, 0.15) is 6.61 Å². The molecule has 3 unspecified atom stereocenters. The Hall–Kier alpha value is -2.24. The summed E-state index contributed by atoms with van der Waals surface area (Å²) in [6.45, 7) is 7.69. The van der Waals surface area contributed by atoms with Crippen LogP contribution in [0.5, 0.6) is 0 Å². The third-order valence-corrected chi connectivity index (χ3v) is 6.93. The first kappa shape index (κ1) is 24.9. The van der Waals surface area contributed by atoms with Crippen LogP contribution in [-0.4, -0.2) is 18.5 Å². The van der Waals surface area contributed by atoms with E-state index in [1.165, 1.54) is 11.1 Å². The Labute approximate surface area is 211 Å². The third-order valence-electron chi connectivity index (χ3n) is 6.44. The van der Waals surface area contributed by atoms with Crippen molar-refractivity contribution in [1.82, 2.24) is 0 Å². The summed E-state index contributed by atoms with van der Waals surface area (Å²) >= 11 is 3.58. The van der Waals surface area contributed by atoms with Gasteiger partial charge in [-0.05, 0) is 54.2 Å². The van der Waals surface area contributed by atoms with Gasteiger partial charge in [0.05, 0.1) is 19.3 Å². The maximum atomic E-state index is 6.80. The van der Waals surface area contributed by atoms with Crippen LogP contribution in [0.3, 0.4) is 0 Å². The number of ether oxygens (including phenoxy) is 3. The molecule has 4 heteroatoms. The molecule has 1 aliphatic heterocycles. The number of halogens is 1. The summed E-state index contributed by atoms with van der Waals surface area (Å²) in [6.07, 6.45) is 4.75. The third kappa shape index (κ3) is 6.45. The van der Waals surface area contributed by atoms with Crippen molar-refractivity contribution in [3.8, 4) is 0 Å². The molecule has 1 aliphatic rings. The first-order valence-electron chi connectivity index (χ1n) is 11.9. The summed E-state index contributed by atoms with van der Waals surface area (Å²) < 4.78 is 20.6.